The zero-order valence-electron chi connectivity index (χ0n) is 21.7. The van der Waals surface area contributed by atoms with Gasteiger partial charge in [0.2, 0.25) is 5.95 Å². The second-order valence-corrected chi connectivity index (χ2v) is 10.4. The fourth-order valence-electron chi connectivity index (χ4n) is 4.99. The van der Waals surface area contributed by atoms with Gasteiger partial charge in [-0.15, -0.1) is 0 Å². The van der Waals surface area contributed by atoms with Crippen LogP contribution in [-0.4, -0.2) is 48.0 Å². The highest BCUT2D eigenvalue weighted by Gasteiger charge is 2.42. The molecule has 1 heterocycles. The summed E-state index contributed by atoms with van der Waals surface area (Å²) in [7, 11) is 3.90. The highest BCUT2D eigenvalue weighted by atomic mass is 35.5. The van der Waals surface area contributed by atoms with Crippen molar-refractivity contribution in [2.45, 2.75) is 43.8 Å². The molecule has 1 fully saturated rings. The van der Waals surface area contributed by atoms with Crippen LogP contribution in [0.4, 0.5) is 23.5 Å². The topological polar surface area (TPSA) is 70.2 Å². The van der Waals surface area contributed by atoms with Crippen LogP contribution < -0.4 is 10.6 Å². The molecule has 0 radical (unpaired) electrons. The van der Waals surface area contributed by atoms with Crippen molar-refractivity contribution in [2.24, 2.45) is 0 Å². The van der Waals surface area contributed by atoms with Gasteiger partial charge in [0.15, 0.2) is 0 Å². The van der Waals surface area contributed by atoms with E-state index in [2.05, 4.69) is 15.6 Å². The van der Waals surface area contributed by atoms with Crippen molar-refractivity contribution in [1.82, 2.24) is 20.2 Å². The van der Waals surface area contributed by atoms with Crippen molar-refractivity contribution in [3.8, 4) is 0 Å². The molecule has 0 atom stereocenters. The van der Waals surface area contributed by atoms with Crippen LogP contribution in [0.25, 0.3) is 0 Å². The normalized spacial score (nSPS) is 15.0. The SMILES string of the molecule is CN(C)CCNc1ncc(C(=O)NCc2cc(F)cc(C(F)(F)F)c2)c(C2(c3ccc(Cl)cc3)CCCC2)n1. The van der Waals surface area contributed by atoms with Crippen LogP contribution in [0.2, 0.25) is 5.02 Å². The summed E-state index contributed by atoms with van der Waals surface area (Å²) in [5.74, 6) is -1.20. The lowest BCUT2D eigenvalue weighted by molar-refractivity contribution is -0.137. The Labute approximate surface area is 229 Å². The Bertz CT molecular complexity index is 1310. The third-order valence-corrected chi connectivity index (χ3v) is 7.17. The molecular formula is C28H30ClF4N5O. The minimum atomic E-state index is -4.70. The standard InChI is InChI=1S/C28H30ClF4N5O/c1-38(2)12-11-34-26-36-17-23(25(39)35-16-18-13-20(28(31,32)33)15-22(30)14-18)24(37-26)27(9-3-4-10-27)19-5-7-21(29)8-6-19/h5-8,13-15,17H,3-4,9-12,16H2,1-2H3,(H,35,39)(H,34,36,37). The molecule has 1 saturated carbocycles. The Morgan fingerprint density at radius 1 is 1.10 bits per heavy atom. The number of hydrogen-bond donors (Lipinski definition) is 2. The van der Waals surface area contributed by atoms with Crippen LogP contribution in [-0.2, 0) is 18.1 Å². The van der Waals surface area contributed by atoms with Gasteiger partial charge in [0.1, 0.15) is 5.82 Å². The number of anilines is 1. The molecule has 6 nitrogen and oxygen atoms in total. The van der Waals surface area contributed by atoms with Gasteiger partial charge in [0.25, 0.3) is 5.91 Å². The minimum Gasteiger partial charge on any atom is -0.353 e. The number of benzene rings is 2. The summed E-state index contributed by atoms with van der Waals surface area (Å²) >= 11 is 6.15. The number of carbonyl (C=O) groups excluding carboxylic acids is 1. The number of carbonyl (C=O) groups is 1. The molecule has 208 valence electrons. The molecule has 2 aromatic carbocycles. The summed E-state index contributed by atoms with van der Waals surface area (Å²) in [6, 6.07) is 9.69. The van der Waals surface area contributed by atoms with Gasteiger partial charge in [-0.3, -0.25) is 4.79 Å². The van der Waals surface area contributed by atoms with Gasteiger partial charge in [-0.05, 0) is 68.4 Å². The number of likely N-dealkylation sites (N-methyl/N-ethyl adjacent to an activating group) is 1. The quantitative estimate of drug-likeness (QED) is 0.310. The summed E-state index contributed by atoms with van der Waals surface area (Å²) in [5, 5.41) is 6.43. The third-order valence-electron chi connectivity index (χ3n) is 6.92. The average Bonchev–Trinajstić information content (AvgIpc) is 3.38. The zero-order chi connectivity index (χ0) is 28.2. The Kier molecular flexibility index (Phi) is 8.76. The Hall–Kier alpha value is -3.24. The summed E-state index contributed by atoms with van der Waals surface area (Å²) in [5.41, 5.74) is 0.0386. The monoisotopic (exact) mass is 563 g/mol. The van der Waals surface area contributed by atoms with E-state index >= 15 is 0 Å². The summed E-state index contributed by atoms with van der Waals surface area (Å²) in [6.07, 6.45) is 0.105. The highest BCUT2D eigenvalue weighted by Crippen LogP contribution is 2.47. The predicted octanol–water partition coefficient (Wildman–Crippen LogP) is 6.05. The lowest BCUT2D eigenvalue weighted by Crippen LogP contribution is -2.33. The van der Waals surface area contributed by atoms with E-state index in [-0.39, 0.29) is 17.7 Å². The van der Waals surface area contributed by atoms with Gasteiger partial charge in [-0.25, -0.2) is 14.4 Å². The molecule has 0 aliphatic heterocycles. The molecule has 0 spiro atoms. The van der Waals surface area contributed by atoms with E-state index in [4.69, 9.17) is 16.6 Å². The van der Waals surface area contributed by atoms with Crippen molar-refractivity contribution in [3.63, 3.8) is 0 Å². The molecule has 39 heavy (non-hydrogen) atoms. The molecular weight excluding hydrogens is 534 g/mol. The molecule has 2 N–H and O–H groups in total. The van der Waals surface area contributed by atoms with Crippen molar-refractivity contribution >= 4 is 23.5 Å². The van der Waals surface area contributed by atoms with Crippen LogP contribution >= 0.6 is 11.6 Å². The second-order valence-electron chi connectivity index (χ2n) is 10.0. The van der Waals surface area contributed by atoms with Gasteiger partial charge in [0.05, 0.1) is 16.8 Å². The van der Waals surface area contributed by atoms with Gasteiger partial charge >= 0.3 is 6.18 Å². The number of rotatable bonds is 9. The Morgan fingerprint density at radius 2 is 1.79 bits per heavy atom. The van der Waals surface area contributed by atoms with E-state index in [1.165, 1.54) is 6.20 Å². The maximum Gasteiger partial charge on any atom is 0.416 e. The Morgan fingerprint density at radius 3 is 2.44 bits per heavy atom. The van der Waals surface area contributed by atoms with E-state index in [0.717, 1.165) is 49.9 Å². The Balaban J connectivity index is 1.69. The first-order valence-corrected chi connectivity index (χ1v) is 13.0. The number of halogens is 5. The molecule has 11 heteroatoms. The molecule has 3 aromatic rings. The molecule has 0 bridgehead atoms. The van der Waals surface area contributed by atoms with Gasteiger partial charge in [0, 0.05) is 36.3 Å². The summed E-state index contributed by atoms with van der Waals surface area (Å²) in [6.45, 7) is 1.04. The van der Waals surface area contributed by atoms with Crippen LogP contribution in [0, 0.1) is 5.82 Å². The molecule has 4 rings (SSSR count). The maximum absolute atomic E-state index is 13.9. The first-order valence-electron chi connectivity index (χ1n) is 12.6. The van der Waals surface area contributed by atoms with E-state index in [9.17, 15) is 22.4 Å². The van der Waals surface area contributed by atoms with Crippen LogP contribution in [0.3, 0.4) is 0 Å². The van der Waals surface area contributed by atoms with E-state index in [1.807, 2.05) is 31.1 Å². The van der Waals surface area contributed by atoms with Gasteiger partial charge in [-0.1, -0.05) is 36.6 Å². The summed E-state index contributed by atoms with van der Waals surface area (Å²) in [4.78, 5) is 24.6. The number of nitrogens with one attached hydrogen (secondary N) is 2. The van der Waals surface area contributed by atoms with Crippen LogP contribution in [0.5, 0.6) is 0 Å². The van der Waals surface area contributed by atoms with E-state index < -0.39 is 28.9 Å². The molecule has 1 aliphatic rings. The zero-order valence-corrected chi connectivity index (χ0v) is 22.5. The van der Waals surface area contributed by atoms with Crippen molar-refractivity contribution in [2.75, 3.05) is 32.5 Å². The molecule has 1 amide bonds. The number of amides is 1. The smallest absolute Gasteiger partial charge is 0.353 e. The van der Waals surface area contributed by atoms with Gasteiger partial charge in [-0.2, -0.15) is 13.2 Å². The largest absolute Gasteiger partial charge is 0.416 e. The summed E-state index contributed by atoms with van der Waals surface area (Å²) < 4.78 is 53.3. The first kappa shape index (κ1) is 28.8. The average molecular weight is 564 g/mol. The van der Waals surface area contributed by atoms with Crippen molar-refractivity contribution in [3.05, 3.63) is 87.4 Å². The van der Waals surface area contributed by atoms with Crippen LogP contribution in [0.1, 0.15) is 58.4 Å². The predicted molar refractivity (Wildman–Crippen MR) is 142 cm³/mol. The van der Waals surface area contributed by atoms with Crippen LogP contribution in [0.15, 0.2) is 48.7 Å². The third kappa shape index (κ3) is 6.86. The van der Waals surface area contributed by atoms with E-state index in [1.54, 1.807) is 12.1 Å². The fourth-order valence-corrected chi connectivity index (χ4v) is 5.12. The van der Waals surface area contributed by atoms with Gasteiger partial charge < -0.3 is 15.5 Å². The molecule has 1 aromatic heterocycles. The highest BCUT2D eigenvalue weighted by molar-refractivity contribution is 6.30. The number of alkyl halides is 3. The first-order chi connectivity index (χ1) is 18.5. The van der Waals surface area contributed by atoms with E-state index in [0.29, 0.717) is 29.3 Å². The minimum absolute atomic E-state index is 0.00611. The molecule has 1 aliphatic carbocycles. The molecule has 0 saturated heterocycles. The number of hydrogen-bond acceptors (Lipinski definition) is 5. The second kappa shape index (κ2) is 11.9. The lowest BCUT2D eigenvalue weighted by atomic mass is 9.74. The number of aromatic nitrogens is 2. The number of nitrogens with zero attached hydrogens (tertiary/aromatic N) is 3. The fraction of sp³-hybridized carbons (Fsp3) is 0.393. The molecule has 0 unspecified atom stereocenters. The lowest BCUT2D eigenvalue weighted by Gasteiger charge is -2.31. The maximum atomic E-state index is 13.9. The van der Waals surface area contributed by atoms with Crippen molar-refractivity contribution < 1.29 is 22.4 Å². The van der Waals surface area contributed by atoms with Crippen molar-refractivity contribution in [1.29, 1.82) is 0 Å².